The molecule has 10 heteroatoms. The molecule has 0 aliphatic carbocycles. The van der Waals surface area contributed by atoms with Gasteiger partial charge in [0.1, 0.15) is 11.1 Å². The zero-order valence-electron chi connectivity index (χ0n) is 17.5. The maximum Gasteiger partial charge on any atom is 0.404 e. The number of aromatic nitrogens is 3. The Kier molecular flexibility index (Phi) is 4.81. The first kappa shape index (κ1) is 20.4. The molecule has 2 aromatic heterocycles. The van der Waals surface area contributed by atoms with E-state index in [1.807, 2.05) is 26.0 Å². The van der Waals surface area contributed by atoms with Gasteiger partial charge in [-0.1, -0.05) is 6.92 Å². The van der Waals surface area contributed by atoms with Gasteiger partial charge in [-0.15, -0.1) is 11.3 Å². The molecule has 2 atom stereocenters. The number of rotatable bonds is 4. The van der Waals surface area contributed by atoms with E-state index >= 15 is 0 Å². The van der Waals surface area contributed by atoms with Crippen molar-refractivity contribution in [3.63, 3.8) is 0 Å². The molecular formula is C22H19FN4O4S. The smallest absolute Gasteiger partial charge is 0.404 e. The van der Waals surface area contributed by atoms with Crippen molar-refractivity contribution in [2.75, 3.05) is 13.7 Å². The third kappa shape index (κ3) is 3.27. The quantitative estimate of drug-likeness (QED) is 0.468. The van der Waals surface area contributed by atoms with Crippen LogP contribution in [-0.2, 0) is 0 Å². The van der Waals surface area contributed by atoms with E-state index in [0.717, 1.165) is 15.8 Å². The molecule has 0 unspecified atom stereocenters. The van der Waals surface area contributed by atoms with E-state index in [2.05, 4.69) is 15.3 Å². The molecule has 8 nitrogen and oxygen atoms in total. The third-order valence-electron chi connectivity index (χ3n) is 5.57. The maximum atomic E-state index is 14.8. The second-order valence-electron chi connectivity index (χ2n) is 7.69. The van der Waals surface area contributed by atoms with Crippen molar-refractivity contribution in [1.82, 2.24) is 20.3 Å². The number of hydrogen-bond donors (Lipinski definition) is 2. The zero-order chi connectivity index (χ0) is 22.6. The minimum Gasteiger partial charge on any atom is -0.485 e. The van der Waals surface area contributed by atoms with Gasteiger partial charge >= 0.3 is 6.09 Å². The minimum atomic E-state index is -1.15. The van der Waals surface area contributed by atoms with Gasteiger partial charge in [0.25, 0.3) is 0 Å². The lowest BCUT2D eigenvalue weighted by atomic mass is 9.97. The van der Waals surface area contributed by atoms with E-state index in [1.165, 1.54) is 24.5 Å². The molecule has 2 aromatic carbocycles. The molecule has 0 bridgehead atoms. The standard InChI is InChI=1S/C22H19FN4O4S/c1-9-4-11(18-13(5-9)26-16(30-3)8-24-18)21-27-14-6-12(23)19-17(20(14)32-21)10(2)15(31-19)7-25-22(28)29/h4-6,8,10,15,25H,7H2,1-3H3,(H,28,29)/t10-,15-/m1/s1. The second kappa shape index (κ2) is 7.56. The van der Waals surface area contributed by atoms with Crippen LogP contribution in [0.3, 0.4) is 0 Å². The summed E-state index contributed by atoms with van der Waals surface area (Å²) in [4.78, 5) is 24.6. The summed E-state index contributed by atoms with van der Waals surface area (Å²) < 4.78 is 26.6. The second-order valence-corrected chi connectivity index (χ2v) is 8.69. The lowest BCUT2D eigenvalue weighted by Gasteiger charge is -2.14. The minimum absolute atomic E-state index is 0.0672. The number of benzene rings is 2. The van der Waals surface area contributed by atoms with Crippen molar-refractivity contribution in [2.45, 2.75) is 25.9 Å². The number of methoxy groups -OCH3 is 1. The molecule has 0 radical (unpaired) electrons. The number of carbonyl (C=O) groups is 1. The molecule has 1 aliphatic rings. The van der Waals surface area contributed by atoms with E-state index in [9.17, 15) is 9.18 Å². The number of halogens is 1. The predicted molar refractivity (Wildman–Crippen MR) is 118 cm³/mol. The van der Waals surface area contributed by atoms with E-state index in [4.69, 9.17) is 19.6 Å². The number of aryl methyl sites for hydroxylation is 1. The van der Waals surface area contributed by atoms with Crippen LogP contribution in [0.2, 0.25) is 0 Å². The molecular weight excluding hydrogens is 435 g/mol. The van der Waals surface area contributed by atoms with Crippen molar-refractivity contribution in [1.29, 1.82) is 0 Å². The van der Waals surface area contributed by atoms with Crippen LogP contribution in [0.15, 0.2) is 24.4 Å². The lowest BCUT2D eigenvalue weighted by molar-refractivity contribution is 0.173. The summed E-state index contributed by atoms with van der Waals surface area (Å²) >= 11 is 1.43. The van der Waals surface area contributed by atoms with Crippen LogP contribution < -0.4 is 14.8 Å². The van der Waals surface area contributed by atoms with Crippen molar-refractivity contribution in [3.05, 3.63) is 41.3 Å². The highest BCUT2D eigenvalue weighted by atomic mass is 32.1. The number of thiazole rings is 1. The molecule has 4 aromatic rings. The van der Waals surface area contributed by atoms with Crippen LogP contribution in [0.5, 0.6) is 11.6 Å². The number of carboxylic acid groups (broad SMARTS) is 1. The number of fused-ring (bicyclic) bond motifs is 4. The Morgan fingerprint density at radius 1 is 1.31 bits per heavy atom. The fourth-order valence-corrected chi connectivity index (χ4v) is 5.24. The van der Waals surface area contributed by atoms with Crippen molar-refractivity contribution < 1.29 is 23.8 Å². The summed E-state index contributed by atoms with van der Waals surface area (Å²) in [7, 11) is 1.54. The molecule has 1 amide bonds. The molecule has 2 N–H and O–H groups in total. The molecule has 32 heavy (non-hydrogen) atoms. The maximum absolute atomic E-state index is 14.8. The van der Waals surface area contributed by atoms with Crippen molar-refractivity contribution >= 4 is 38.7 Å². The lowest BCUT2D eigenvalue weighted by Crippen LogP contribution is -2.34. The topological polar surface area (TPSA) is 106 Å². The SMILES string of the molecule is COc1cnc2c(-c3nc4cc(F)c5c(c4s3)[C@H](C)[C@@H](CNC(=O)O)O5)cc(C)cc2n1. The van der Waals surface area contributed by atoms with Gasteiger partial charge in [0.15, 0.2) is 11.6 Å². The summed E-state index contributed by atoms with van der Waals surface area (Å²) in [6.07, 6.45) is -0.0849. The van der Waals surface area contributed by atoms with Crippen LogP contribution in [0.1, 0.15) is 24.0 Å². The van der Waals surface area contributed by atoms with Gasteiger partial charge < -0.3 is 19.9 Å². The predicted octanol–water partition coefficient (Wildman–Crippen LogP) is 4.49. The van der Waals surface area contributed by atoms with Gasteiger partial charge in [0.05, 0.1) is 41.1 Å². The molecule has 0 saturated heterocycles. The van der Waals surface area contributed by atoms with Crippen LogP contribution in [0.25, 0.3) is 31.8 Å². The molecule has 0 fully saturated rings. The average molecular weight is 454 g/mol. The fraction of sp³-hybridized carbons (Fsp3) is 0.273. The number of amides is 1. The van der Waals surface area contributed by atoms with Crippen LogP contribution in [-0.4, -0.2) is 45.9 Å². The van der Waals surface area contributed by atoms with Gasteiger partial charge in [-0.05, 0) is 24.6 Å². The van der Waals surface area contributed by atoms with Gasteiger partial charge in [0.2, 0.25) is 5.88 Å². The molecule has 1 aliphatic heterocycles. The highest BCUT2D eigenvalue weighted by Crippen LogP contribution is 2.47. The first-order valence-corrected chi connectivity index (χ1v) is 10.8. The fourth-order valence-electron chi connectivity index (χ4n) is 4.04. The Morgan fingerprint density at radius 2 is 2.12 bits per heavy atom. The summed E-state index contributed by atoms with van der Waals surface area (Å²) in [6, 6.07) is 5.27. The van der Waals surface area contributed by atoms with Gasteiger partial charge in [-0.3, -0.25) is 0 Å². The van der Waals surface area contributed by atoms with E-state index in [0.29, 0.717) is 33.0 Å². The largest absolute Gasteiger partial charge is 0.485 e. The summed E-state index contributed by atoms with van der Waals surface area (Å²) in [5, 5.41) is 11.9. The third-order valence-corrected chi connectivity index (χ3v) is 6.71. The Balaban J connectivity index is 1.64. The van der Waals surface area contributed by atoms with E-state index in [-0.39, 0.29) is 18.2 Å². The van der Waals surface area contributed by atoms with E-state index < -0.39 is 18.0 Å². The van der Waals surface area contributed by atoms with Crippen LogP contribution >= 0.6 is 11.3 Å². The Labute approximate surface area is 186 Å². The molecule has 0 spiro atoms. The Bertz CT molecular complexity index is 1390. The molecule has 164 valence electrons. The summed E-state index contributed by atoms with van der Waals surface area (Å²) in [5.41, 5.74) is 4.40. The van der Waals surface area contributed by atoms with Crippen molar-refractivity contribution in [2.24, 2.45) is 0 Å². The van der Waals surface area contributed by atoms with Gasteiger partial charge in [-0.25, -0.2) is 24.1 Å². The highest BCUT2D eigenvalue weighted by Gasteiger charge is 2.36. The highest BCUT2D eigenvalue weighted by molar-refractivity contribution is 7.22. The van der Waals surface area contributed by atoms with Crippen molar-refractivity contribution in [3.8, 4) is 22.2 Å². The Hall–Kier alpha value is -3.53. The Morgan fingerprint density at radius 3 is 2.88 bits per heavy atom. The molecule has 3 heterocycles. The number of nitrogens with one attached hydrogen (secondary N) is 1. The first-order valence-electron chi connectivity index (χ1n) is 9.94. The number of ether oxygens (including phenoxy) is 2. The van der Waals surface area contributed by atoms with Crippen LogP contribution in [0, 0.1) is 12.7 Å². The molecule has 0 saturated carbocycles. The van der Waals surface area contributed by atoms with E-state index in [1.54, 1.807) is 6.20 Å². The van der Waals surface area contributed by atoms with Gasteiger partial charge in [0, 0.05) is 23.1 Å². The average Bonchev–Trinajstić information content (AvgIpc) is 3.32. The summed E-state index contributed by atoms with van der Waals surface area (Å²) in [5.74, 6) is -0.129. The number of nitrogens with zero attached hydrogens (tertiary/aromatic N) is 3. The first-order chi connectivity index (χ1) is 15.4. The summed E-state index contributed by atoms with van der Waals surface area (Å²) in [6.45, 7) is 3.93. The van der Waals surface area contributed by atoms with Crippen LogP contribution in [0.4, 0.5) is 9.18 Å². The monoisotopic (exact) mass is 454 g/mol. The zero-order valence-corrected chi connectivity index (χ0v) is 18.3. The normalized spacial score (nSPS) is 17.4. The number of hydrogen-bond acceptors (Lipinski definition) is 7. The molecule has 5 rings (SSSR count). The van der Waals surface area contributed by atoms with Gasteiger partial charge in [-0.2, -0.15) is 0 Å².